The first kappa shape index (κ1) is 19.2. The predicted octanol–water partition coefficient (Wildman–Crippen LogP) is -1.17. The summed E-state index contributed by atoms with van der Waals surface area (Å²) < 4.78 is 31.2. The van der Waals surface area contributed by atoms with E-state index < -0.39 is 30.5 Å². The topological polar surface area (TPSA) is 105 Å². The van der Waals surface area contributed by atoms with Crippen molar-refractivity contribution in [2.75, 3.05) is 41.7 Å². The highest BCUT2D eigenvalue weighted by molar-refractivity contribution is 5.73. The van der Waals surface area contributed by atoms with Crippen LogP contribution in [0.5, 0.6) is 0 Å². The van der Waals surface area contributed by atoms with Crippen molar-refractivity contribution < 1.29 is 38.3 Å². The Kier molecular flexibility index (Phi) is 8.79. The molecule has 5 atom stereocenters. The molecule has 0 radical (unpaired) electrons. The van der Waals surface area contributed by atoms with Gasteiger partial charge < -0.3 is 38.8 Å². The van der Waals surface area contributed by atoms with Crippen molar-refractivity contribution in [3.63, 3.8) is 0 Å². The molecular weight excluding hydrogens is 298 g/mol. The van der Waals surface area contributed by atoms with Crippen LogP contribution in [0, 0.1) is 0 Å². The highest BCUT2D eigenvalue weighted by Crippen LogP contribution is 2.29. The monoisotopic (exact) mass is 323 g/mol. The van der Waals surface area contributed by atoms with Crippen LogP contribution in [0.1, 0.15) is 6.92 Å². The molecule has 0 aromatic carbocycles. The van der Waals surface area contributed by atoms with E-state index in [1.807, 2.05) is 0 Å². The number of aliphatic hydroxyl groups excluding tert-OH is 1. The Hall–Kier alpha value is -0.810. The lowest BCUT2D eigenvalue weighted by Gasteiger charge is -2.26. The zero-order chi connectivity index (χ0) is 16.5. The van der Waals surface area contributed by atoms with Gasteiger partial charge in [0.25, 0.3) is 0 Å². The Morgan fingerprint density at radius 3 is 1.82 bits per heavy atom. The molecule has 0 bridgehead atoms. The highest BCUT2D eigenvalue weighted by atomic mass is 16.7. The van der Waals surface area contributed by atoms with Crippen molar-refractivity contribution in [2.45, 2.75) is 37.4 Å². The molecule has 1 amide bonds. The Morgan fingerprint density at radius 1 is 0.909 bits per heavy atom. The number of methoxy groups -OCH3 is 3. The van der Waals surface area contributed by atoms with Crippen LogP contribution in [0.3, 0.4) is 0 Å². The molecule has 1 fully saturated rings. The normalized spacial score (nSPS) is 31.4. The van der Waals surface area contributed by atoms with Gasteiger partial charge in [0.1, 0.15) is 44.8 Å². The van der Waals surface area contributed by atoms with Crippen molar-refractivity contribution in [3.05, 3.63) is 0 Å². The number of aliphatic hydroxyl groups is 1. The number of carbonyl (C=O) groups excluding carboxylic acids is 1. The van der Waals surface area contributed by atoms with Crippen LogP contribution in [0.2, 0.25) is 0 Å². The molecule has 1 aliphatic rings. The molecule has 0 unspecified atom stereocenters. The number of hydrogen-bond acceptors (Lipinski definition) is 8. The van der Waals surface area contributed by atoms with Crippen LogP contribution >= 0.6 is 0 Å². The van der Waals surface area contributed by atoms with Gasteiger partial charge in [-0.1, -0.05) is 0 Å². The zero-order valence-corrected chi connectivity index (χ0v) is 13.3. The van der Waals surface area contributed by atoms with E-state index in [1.165, 1.54) is 28.3 Å². The molecule has 9 heteroatoms. The average molecular weight is 323 g/mol. The first-order chi connectivity index (χ1) is 10.6. The Balaban J connectivity index is 2.90. The summed E-state index contributed by atoms with van der Waals surface area (Å²) >= 11 is 0. The Morgan fingerprint density at radius 2 is 1.36 bits per heavy atom. The second kappa shape index (κ2) is 10.1. The number of hydrogen-bond donors (Lipinski definition) is 2. The van der Waals surface area contributed by atoms with E-state index in [0.717, 1.165) is 0 Å². The summed E-state index contributed by atoms with van der Waals surface area (Å²) in [5, 5.41) is 13.1. The van der Waals surface area contributed by atoms with Crippen molar-refractivity contribution in [2.24, 2.45) is 0 Å². The smallest absolute Gasteiger partial charge is 0.217 e. The minimum Gasteiger partial charge on any atom is -0.388 e. The maximum atomic E-state index is 11.4. The van der Waals surface area contributed by atoms with Crippen LogP contribution in [-0.2, 0) is 33.2 Å². The lowest BCUT2D eigenvalue weighted by molar-refractivity contribution is -0.193. The van der Waals surface area contributed by atoms with Gasteiger partial charge in [-0.3, -0.25) is 4.79 Å². The van der Waals surface area contributed by atoms with Gasteiger partial charge in [-0.15, -0.1) is 0 Å². The molecule has 0 spiro atoms. The summed E-state index contributed by atoms with van der Waals surface area (Å²) in [4.78, 5) is 11.4. The number of rotatable bonds is 10. The Bertz CT molecular complexity index is 329. The third kappa shape index (κ3) is 5.13. The van der Waals surface area contributed by atoms with Gasteiger partial charge in [-0.05, 0) is 0 Å². The molecule has 130 valence electrons. The summed E-state index contributed by atoms with van der Waals surface area (Å²) in [6.45, 7) is 1.30. The lowest BCUT2D eigenvalue weighted by Crippen LogP contribution is -2.48. The third-order valence-electron chi connectivity index (χ3n) is 3.21. The van der Waals surface area contributed by atoms with E-state index in [0.29, 0.717) is 0 Å². The van der Waals surface area contributed by atoms with Crippen LogP contribution in [0.15, 0.2) is 0 Å². The van der Waals surface area contributed by atoms with Crippen LogP contribution < -0.4 is 5.32 Å². The van der Waals surface area contributed by atoms with Crippen LogP contribution in [-0.4, -0.2) is 83.2 Å². The van der Waals surface area contributed by atoms with E-state index in [2.05, 4.69) is 5.32 Å². The minimum atomic E-state index is -1.03. The minimum absolute atomic E-state index is 0.0101. The third-order valence-corrected chi connectivity index (χ3v) is 3.21. The maximum absolute atomic E-state index is 11.4. The summed E-state index contributed by atoms with van der Waals surface area (Å²) in [6.07, 6.45) is -3.08. The molecule has 0 aliphatic heterocycles. The second-order valence-corrected chi connectivity index (χ2v) is 4.83. The summed E-state index contributed by atoms with van der Waals surface area (Å²) in [6, 6.07) is -0.698. The lowest BCUT2D eigenvalue weighted by atomic mass is 10.2. The van der Waals surface area contributed by atoms with Gasteiger partial charge in [0.2, 0.25) is 5.91 Å². The van der Waals surface area contributed by atoms with Crippen molar-refractivity contribution in [1.82, 2.24) is 5.32 Å². The van der Waals surface area contributed by atoms with E-state index in [1.54, 1.807) is 0 Å². The van der Waals surface area contributed by atoms with Gasteiger partial charge in [0, 0.05) is 28.3 Å². The number of carbonyl (C=O) groups is 1. The maximum Gasteiger partial charge on any atom is 0.217 e. The molecule has 0 aromatic rings. The van der Waals surface area contributed by atoms with Gasteiger partial charge in [-0.25, -0.2) is 0 Å². The van der Waals surface area contributed by atoms with Gasteiger partial charge >= 0.3 is 0 Å². The molecule has 1 saturated carbocycles. The number of ether oxygens (including phenoxy) is 6. The Labute approximate surface area is 129 Å². The standard InChI is InChI=1S/C13H25NO8/c1-8(15)14-9-10(16)12(21-6-18-3)13(22-7-19-4)11(9)20-5-17-2/h9-13,16H,5-7H2,1-4H3,(H,14,15)/t9-,10+,11+,12-,13-/m0/s1. The number of amides is 1. The van der Waals surface area contributed by atoms with Gasteiger partial charge in [0.05, 0.1) is 6.04 Å². The molecule has 22 heavy (non-hydrogen) atoms. The first-order valence-electron chi connectivity index (χ1n) is 6.83. The van der Waals surface area contributed by atoms with Gasteiger partial charge in [-0.2, -0.15) is 0 Å². The average Bonchev–Trinajstić information content (AvgIpc) is 2.72. The highest BCUT2D eigenvalue weighted by Gasteiger charge is 2.53. The van der Waals surface area contributed by atoms with E-state index >= 15 is 0 Å². The molecule has 0 heterocycles. The fourth-order valence-electron chi connectivity index (χ4n) is 2.41. The molecule has 2 N–H and O–H groups in total. The fraction of sp³-hybridized carbons (Fsp3) is 0.923. The van der Waals surface area contributed by atoms with Crippen molar-refractivity contribution >= 4 is 5.91 Å². The second-order valence-electron chi connectivity index (χ2n) is 4.83. The van der Waals surface area contributed by atoms with Crippen LogP contribution in [0.25, 0.3) is 0 Å². The molecule has 0 aromatic heterocycles. The summed E-state index contributed by atoms with van der Waals surface area (Å²) in [7, 11) is 4.42. The van der Waals surface area contributed by atoms with E-state index in [9.17, 15) is 9.90 Å². The quantitative estimate of drug-likeness (QED) is 0.485. The number of nitrogens with one attached hydrogen (secondary N) is 1. The van der Waals surface area contributed by atoms with Crippen molar-refractivity contribution in [3.8, 4) is 0 Å². The summed E-state index contributed by atoms with van der Waals surface area (Å²) in [5.74, 6) is -0.298. The molecule has 0 saturated heterocycles. The predicted molar refractivity (Wildman–Crippen MR) is 73.9 cm³/mol. The van der Waals surface area contributed by atoms with Crippen molar-refractivity contribution in [1.29, 1.82) is 0 Å². The summed E-state index contributed by atoms with van der Waals surface area (Å²) in [5.41, 5.74) is 0. The van der Waals surface area contributed by atoms with E-state index in [-0.39, 0.29) is 26.3 Å². The SMILES string of the molecule is COCO[C@H]1[C@H](OCOC)[C@@H](NC(C)=O)[C@@H](O)[C@@H]1OCOC. The van der Waals surface area contributed by atoms with Gasteiger partial charge in [0.15, 0.2) is 0 Å². The first-order valence-corrected chi connectivity index (χ1v) is 6.83. The van der Waals surface area contributed by atoms with Crippen LogP contribution in [0.4, 0.5) is 0 Å². The largest absolute Gasteiger partial charge is 0.388 e. The molecular formula is C13H25NO8. The zero-order valence-electron chi connectivity index (χ0n) is 13.3. The molecule has 1 aliphatic carbocycles. The molecule has 9 nitrogen and oxygen atoms in total. The fourth-order valence-corrected chi connectivity index (χ4v) is 2.41. The van der Waals surface area contributed by atoms with E-state index in [4.69, 9.17) is 28.4 Å². The molecule has 1 rings (SSSR count).